The predicted octanol–water partition coefficient (Wildman–Crippen LogP) is 3.63. The zero-order valence-corrected chi connectivity index (χ0v) is 10.4. The Labute approximate surface area is 98.4 Å². The van der Waals surface area contributed by atoms with E-state index in [1.165, 1.54) is 12.0 Å². The van der Waals surface area contributed by atoms with Crippen molar-refractivity contribution in [1.82, 2.24) is 0 Å². The third-order valence-electron chi connectivity index (χ3n) is 3.18. The van der Waals surface area contributed by atoms with E-state index >= 15 is 0 Å². The van der Waals surface area contributed by atoms with Gasteiger partial charge >= 0.3 is 0 Å². The second-order valence-corrected chi connectivity index (χ2v) is 5.25. The molecule has 1 atom stereocenters. The molecule has 0 aliphatic heterocycles. The molecule has 0 heterocycles. The molecule has 0 N–H and O–H groups in total. The first-order chi connectivity index (χ1) is 7.59. The molecular weight excluding hydrogens is 200 g/mol. The summed E-state index contributed by atoms with van der Waals surface area (Å²) in [5.41, 5.74) is 1.62. The monoisotopic (exact) mass is 222 g/mol. The van der Waals surface area contributed by atoms with E-state index in [0.29, 0.717) is 11.9 Å². The summed E-state index contributed by atoms with van der Waals surface area (Å²) in [6.07, 6.45) is 9.14. The van der Waals surface area contributed by atoms with Gasteiger partial charge in [-0.2, -0.15) is 0 Å². The van der Waals surface area contributed by atoms with Crippen molar-refractivity contribution in [2.75, 3.05) is 0 Å². The molecule has 0 spiro atoms. The first-order valence-electron chi connectivity index (χ1n) is 5.98. The van der Waals surface area contributed by atoms with Gasteiger partial charge in [0.25, 0.3) is 6.47 Å². The van der Waals surface area contributed by atoms with Gasteiger partial charge in [0.1, 0.15) is 6.10 Å². The zero-order chi connectivity index (χ0) is 12.0. The minimum atomic E-state index is -0.0462. The number of rotatable bonds is 6. The molecule has 2 heteroatoms. The van der Waals surface area contributed by atoms with Crippen LogP contribution in [0.1, 0.15) is 46.0 Å². The Morgan fingerprint density at radius 2 is 2.38 bits per heavy atom. The van der Waals surface area contributed by atoms with Crippen LogP contribution in [-0.4, -0.2) is 12.6 Å². The van der Waals surface area contributed by atoms with Gasteiger partial charge in [0.15, 0.2) is 0 Å². The van der Waals surface area contributed by atoms with Gasteiger partial charge in [0.2, 0.25) is 0 Å². The van der Waals surface area contributed by atoms with Crippen molar-refractivity contribution >= 4 is 6.47 Å². The van der Waals surface area contributed by atoms with Crippen LogP contribution in [0.25, 0.3) is 0 Å². The maximum atomic E-state index is 10.5. The van der Waals surface area contributed by atoms with Crippen LogP contribution in [0.15, 0.2) is 24.3 Å². The van der Waals surface area contributed by atoms with Crippen molar-refractivity contribution in [2.24, 2.45) is 5.41 Å². The molecule has 90 valence electrons. The molecule has 0 saturated carbocycles. The molecule has 0 aromatic rings. The number of hydrogen-bond donors (Lipinski definition) is 0. The number of carbonyl (C=O) groups excluding carboxylic acids is 1. The molecule has 0 amide bonds. The standard InChI is InChI=1S/C14H22O2/c1-4-5-8-13(16-11-15)12-7-6-9-14(2,3)10-12/h4,7,11,13H,1,5-6,8-10H2,2-3H3. The Hall–Kier alpha value is -1.05. The minimum Gasteiger partial charge on any atom is -0.460 e. The summed E-state index contributed by atoms with van der Waals surface area (Å²) in [6, 6.07) is 0. The van der Waals surface area contributed by atoms with Gasteiger partial charge in [0, 0.05) is 0 Å². The molecule has 0 bridgehead atoms. The van der Waals surface area contributed by atoms with Gasteiger partial charge < -0.3 is 4.74 Å². The molecule has 2 nitrogen and oxygen atoms in total. The smallest absolute Gasteiger partial charge is 0.293 e. The molecule has 1 rings (SSSR count). The van der Waals surface area contributed by atoms with E-state index in [4.69, 9.17) is 4.74 Å². The summed E-state index contributed by atoms with van der Waals surface area (Å²) in [7, 11) is 0. The van der Waals surface area contributed by atoms with E-state index in [-0.39, 0.29) is 6.10 Å². The van der Waals surface area contributed by atoms with Crippen LogP contribution in [0.5, 0.6) is 0 Å². The van der Waals surface area contributed by atoms with Crippen molar-refractivity contribution in [3.63, 3.8) is 0 Å². The highest BCUT2D eigenvalue weighted by Gasteiger charge is 2.27. The highest BCUT2D eigenvalue weighted by Crippen LogP contribution is 2.37. The lowest BCUT2D eigenvalue weighted by molar-refractivity contribution is -0.132. The second kappa shape index (κ2) is 5.88. The second-order valence-electron chi connectivity index (χ2n) is 5.25. The summed E-state index contributed by atoms with van der Waals surface area (Å²) >= 11 is 0. The van der Waals surface area contributed by atoms with Gasteiger partial charge in [-0.25, -0.2) is 0 Å². The van der Waals surface area contributed by atoms with Crippen molar-refractivity contribution in [1.29, 1.82) is 0 Å². The number of carbonyl (C=O) groups is 1. The number of allylic oxidation sites excluding steroid dienone is 2. The Kier molecular flexibility index (Phi) is 4.78. The summed E-state index contributed by atoms with van der Waals surface area (Å²) in [4.78, 5) is 10.5. The van der Waals surface area contributed by atoms with Crippen molar-refractivity contribution < 1.29 is 9.53 Å². The molecule has 0 aromatic carbocycles. The Morgan fingerprint density at radius 1 is 1.62 bits per heavy atom. The fraction of sp³-hybridized carbons (Fsp3) is 0.643. The van der Waals surface area contributed by atoms with Crippen molar-refractivity contribution in [3.8, 4) is 0 Å². The molecule has 1 aliphatic rings. The van der Waals surface area contributed by atoms with E-state index in [2.05, 4.69) is 26.5 Å². The average Bonchev–Trinajstić information content (AvgIpc) is 2.22. The molecule has 0 saturated heterocycles. The molecule has 0 fully saturated rings. The summed E-state index contributed by atoms with van der Waals surface area (Å²) in [6.45, 7) is 8.81. The Morgan fingerprint density at radius 3 is 2.94 bits per heavy atom. The van der Waals surface area contributed by atoms with Crippen LogP contribution in [0, 0.1) is 5.41 Å². The minimum absolute atomic E-state index is 0.0462. The van der Waals surface area contributed by atoms with Gasteiger partial charge in [-0.05, 0) is 43.1 Å². The van der Waals surface area contributed by atoms with Crippen LogP contribution in [0.3, 0.4) is 0 Å². The van der Waals surface area contributed by atoms with Gasteiger partial charge in [-0.3, -0.25) is 4.79 Å². The third-order valence-corrected chi connectivity index (χ3v) is 3.18. The van der Waals surface area contributed by atoms with Crippen LogP contribution < -0.4 is 0 Å². The van der Waals surface area contributed by atoms with E-state index in [1.54, 1.807) is 0 Å². The molecule has 1 unspecified atom stereocenters. The lowest BCUT2D eigenvalue weighted by atomic mass is 9.75. The fourth-order valence-electron chi connectivity index (χ4n) is 2.28. The third kappa shape index (κ3) is 3.84. The summed E-state index contributed by atoms with van der Waals surface area (Å²) in [5.74, 6) is 0. The van der Waals surface area contributed by atoms with Crippen LogP contribution in [0.4, 0.5) is 0 Å². The van der Waals surface area contributed by atoms with Crippen molar-refractivity contribution in [2.45, 2.75) is 52.1 Å². The number of hydrogen-bond acceptors (Lipinski definition) is 2. The molecule has 0 radical (unpaired) electrons. The van der Waals surface area contributed by atoms with Gasteiger partial charge in [-0.1, -0.05) is 26.0 Å². The fourth-order valence-corrected chi connectivity index (χ4v) is 2.28. The maximum absolute atomic E-state index is 10.5. The SMILES string of the molecule is C=CCCC(OC=O)C1=CCCC(C)(C)C1. The highest BCUT2D eigenvalue weighted by atomic mass is 16.5. The van der Waals surface area contributed by atoms with Crippen molar-refractivity contribution in [3.05, 3.63) is 24.3 Å². The quantitative estimate of drug-likeness (QED) is 0.506. The highest BCUT2D eigenvalue weighted by molar-refractivity contribution is 5.39. The van der Waals surface area contributed by atoms with E-state index in [0.717, 1.165) is 25.7 Å². The Balaban J connectivity index is 2.65. The van der Waals surface area contributed by atoms with Crippen LogP contribution in [-0.2, 0) is 9.53 Å². The Bertz CT molecular complexity index is 276. The first kappa shape index (κ1) is 13.0. The zero-order valence-electron chi connectivity index (χ0n) is 10.4. The first-order valence-corrected chi connectivity index (χ1v) is 5.98. The lowest BCUT2D eigenvalue weighted by Gasteiger charge is -2.32. The molecular formula is C14H22O2. The largest absolute Gasteiger partial charge is 0.460 e. The van der Waals surface area contributed by atoms with Crippen LogP contribution in [0.2, 0.25) is 0 Å². The van der Waals surface area contributed by atoms with Gasteiger partial charge in [0.05, 0.1) is 0 Å². The summed E-state index contributed by atoms with van der Waals surface area (Å²) in [5, 5.41) is 0. The normalized spacial score (nSPS) is 20.8. The molecule has 1 aliphatic carbocycles. The lowest BCUT2D eigenvalue weighted by Crippen LogP contribution is -2.24. The predicted molar refractivity (Wildman–Crippen MR) is 66.1 cm³/mol. The molecule has 16 heavy (non-hydrogen) atoms. The average molecular weight is 222 g/mol. The van der Waals surface area contributed by atoms with E-state index < -0.39 is 0 Å². The topological polar surface area (TPSA) is 26.3 Å². The van der Waals surface area contributed by atoms with E-state index in [1.807, 2.05) is 6.08 Å². The summed E-state index contributed by atoms with van der Waals surface area (Å²) < 4.78 is 5.18. The van der Waals surface area contributed by atoms with E-state index in [9.17, 15) is 4.79 Å². The van der Waals surface area contributed by atoms with Gasteiger partial charge in [-0.15, -0.1) is 6.58 Å². The number of ether oxygens (including phenoxy) is 1. The van der Waals surface area contributed by atoms with Crippen LogP contribution >= 0.6 is 0 Å². The maximum Gasteiger partial charge on any atom is 0.293 e. The molecule has 0 aromatic heterocycles.